The van der Waals surface area contributed by atoms with Crippen molar-refractivity contribution in [1.82, 2.24) is 4.98 Å². The highest BCUT2D eigenvalue weighted by Gasteiger charge is 2.14. The standard InChI is InChI=1S/C11H12N2O2/c1-2-9-7-10(11(14)12-8-9)13-3-5-15-6-4-13/h1,7-8H,3-6H2,(H,12,14). The van der Waals surface area contributed by atoms with Crippen LogP contribution in [0.5, 0.6) is 0 Å². The van der Waals surface area contributed by atoms with Gasteiger partial charge in [0.2, 0.25) is 0 Å². The third-order valence-electron chi connectivity index (χ3n) is 2.40. The van der Waals surface area contributed by atoms with Gasteiger partial charge in [0.15, 0.2) is 0 Å². The predicted molar refractivity (Wildman–Crippen MR) is 58.0 cm³/mol. The molecule has 1 aliphatic rings. The Hall–Kier alpha value is -1.73. The maximum Gasteiger partial charge on any atom is 0.271 e. The number of anilines is 1. The minimum absolute atomic E-state index is 0.101. The zero-order valence-electron chi connectivity index (χ0n) is 8.32. The highest BCUT2D eigenvalue weighted by atomic mass is 16.5. The molecule has 0 amide bonds. The number of rotatable bonds is 1. The van der Waals surface area contributed by atoms with Gasteiger partial charge in [-0.25, -0.2) is 0 Å². The first-order chi connectivity index (χ1) is 7.31. The van der Waals surface area contributed by atoms with E-state index in [1.54, 1.807) is 12.3 Å². The van der Waals surface area contributed by atoms with Crippen molar-refractivity contribution in [2.75, 3.05) is 31.2 Å². The molecule has 0 radical (unpaired) electrons. The van der Waals surface area contributed by atoms with Crippen LogP contribution in [0.2, 0.25) is 0 Å². The number of aromatic nitrogens is 1. The largest absolute Gasteiger partial charge is 0.378 e. The van der Waals surface area contributed by atoms with Crippen LogP contribution in [0.4, 0.5) is 5.69 Å². The van der Waals surface area contributed by atoms with Crippen LogP contribution < -0.4 is 10.5 Å². The van der Waals surface area contributed by atoms with Crippen molar-refractivity contribution >= 4 is 5.69 Å². The van der Waals surface area contributed by atoms with Crippen LogP contribution in [0.15, 0.2) is 17.1 Å². The molecule has 15 heavy (non-hydrogen) atoms. The summed E-state index contributed by atoms with van der Waals surface area (Å²) >= 11 is 0. The maximum absolute atomic E-state index is 11.6. The van der Waals surface area contributed by atoms with Gasteiger partial charge in [0.05, 0.1) is 13.2 Å². The van der Waals surface area contributed by atoms with Crippen LogP contribution in [0, 0.1) is 12.3 Å². The molecule has 2 heterocycles. The van der Waals surface area contributed by atoms with E-state index in [0.29, 0.717) is 24.5 Å². The van der Waals surface area contributed by atoms with Crippen molar-refractivity contribution in [3.05, 3.63) is 28.2 Å². The van der Waals surface area contributed by atoms with Crippen molar-refractivity contribution in [2.45, 2.75) is 0 Å². The molecule has 78 valence electrons. The smallest absolute Gasteiger partial charge is 0.271 e. The van der Waals surface area contributed by atoms with Crippen LogP contribution in [0.1, 0.15) is 5.56 Å². The van der Waals surface area contributed by atoms with Gasteiger partial charge in [0.1, 0.15) is 5.69 Å². The number of hydrogen-bond donors (Lipinski definition) is 1. The van der Waals surface area contributed by atoms with Gasteiger partial charge >= 0.3 is 0 Å². The number of aromatic amines is 1. The Balaban J connectivity index is 2.33. The SMILES string of the molecule is C#Cc1c[nH]c(=O)c(N2CCOCC2)c1. The number of hydrogen-bond acceptors (Lipinski definition) is 3. The molecular weight excluding hydrogens is 192 g/mol. The lowest BCUT2D eigenvalue weighted by Gasteiger charge is -2.27. The first kappa shape index (κ1) is 9.81. The number of H-pyrrole nitrogens is 1. The number of nitrogens with zero attached hydrogens (tertiary/aromatic N) is 1. The summed E-state index contributed by atoms with van der Waals surface area (Å²) < 4.78 is 5.22. The molecule has 0 aromatic carbocycles. The van der Waals surface area contributed by atoms with Gasteiger partial charge in [-0.1, -0.05) is 5.92 Å². The lowest BCUT2D eigenvalue weighted by molar-refractivity contribution is 0.122. The molecule has 0 unspecified atom stereocenters. The van der Waals surface area contributed by atoms with E-state index in [0.717, 1.165) is 13.1 Å². The summed E-state index contributed by atoms with van der Waals surface area (Å²) in [6.45, 7) is 2.77. The Morgan fingerprint density at radius 2 is 2.20 bits per heavy atom. The first-order valence-corrected chi connectivity index (χ1v) is 4.83. The molecule has 4 nitrogen and oxygen atoms in total. The normalized spacial score (nSPS) is 16.1. The maximum atomic E-state index is 11.6. The van der Waals surface area contributed by atoms with E-state index in [1.807, 2.05) is 4.90 Å². The fraction of sp³-hybridized carbons (Fsp3) is 0.364. The van der Waals surface area contributed by atoms with Crippen molar-refractivity contribution in [1.29, 1.82) is 0 Å². The van der Waals surface area contributed by atoms with Gasteiger partial charge in [-0.3, -0.25) is 4.79 Å². The summed E-state index contributed by atoms with van der Waals surface area (Å²) in [6.07, 6.45) is 6.83. The molecule has 0 atom stereocenters. The number of ether oxygens (including phenoxy) is 1. The van der Waals surface area contributed by atoms with Gasteiger partial charge in [-0.15, -0.1) is 6.42 Å². The molecule has 0 bridgehead atoms. The van der Waals surface area contributed by atoms with E-state index in [1.165, 1.54) is 0 Å². The lowest BCUT2D eigenvalue weighted by atomic mass is 10.2. The second-order valence-electron chi connectivity index (χ2n) is 3.35. The zero-order valence-corrected chi connectivity index (χ0v) is 8.32. The third-order valence-corrected chi connectivity index (χ3v) is 2.40. The van der Waals surface area contributed by atoms with Crippen molar-refractivity contribution in [2.24, 2.45) is 0 Å². The summed E-state index contributed by atoms with van der Waals surface area (Å²) in [7, 11) is 0. The van der Waals surface area contributed by atoms with E-state index in [-0.39, 0.29) is 5.56 Å². The van der Waals surface area contributed by atoms with E-state index < -0.39 is 0 Å². The van der Waals surface area contributed by atoms with Crippen LogP contribution in [-0.2, 0) is 4.74 Å². The minimum Gasteiger partial charge on any atom is -0.378 e. The molecule has 1 saturated heterocycles. The van der Waals surface area contributed by atoms with E-state index in [9.17, 15) is 4.79 Å². The molecule has 1 aromatic heterocycles. The van der Waals surface area contributed by atoms with Gasteiger partial charge in [-0.05, 0) is 6.07 Å². The minimum atomic E-state index is -0.101. The molecule has 4 heteroatoms. The van der Waals surface area contributed by atoms with Gasteiger partial charge in [-0.2, -0.15) is 0 Å². The van der Waals surface area contributed by atoms with Gasteiger partial charge in [0.25, 0.3) is 5.56 Å². The predicted octanol–water partition coefficient (Wildman–Crippen LogP) is 0.193. The van der Waals surface area contributed by atoms with Crippen molar-refractivity contribution in [3.63, 3.8) is 0 Å². The molecule has 0 saturated carbocycles. The summed E-state index contributed by atoms with van der Waals surface area (Å²) in [5.74, 6) is 2.51. The van der Waals surface area contributed by atoms with E-state index in [4.69, 9.17) is 11.2 Å². The Bertz CT molecular complexity index is 439. The second-order valence-corrected chi connectivity index (χ2v) is 3.35. The number of pyridine rings is 1. The molecule has 2 rings (SSSR count). The molecule has 1 N–H and O–H groups in total. The number of morpholine rings is 1. The van der Waals surface area contributed by atoms with Crippen LogP contribution in [0.3, 0.4) is 0 Å². The molecule has 0 spiro atoms. The molecule has 1 aliphatic heterocycles. The molecule has 0 aliphatic carbocycles. The average Bonchev–Trinajstić information content (AvgIpc) is 2.31. The molecule has 1 fully saturated rings. The molecular formula is C11H12N2O2. The monoisotopic (exact) mass is 204 g/mol. The quantitative estimate of drug-likeness (QED) is 0.664. The summed E-state index contributed by atoms with van der Waals surface area (Å²) in [5, 5.41) is 0. The van der Waals surface area contributed by atoms with Gasteiger partial charge < -0.3 is 14.6 Å². The topological polar surface area (TPSA) is 45.3 Å². The lowest BCUT2D eigenvalue weighted by Crippen LogP contribution is -2.39. The van der Waals surface area contributed by atoms with Crippen molar-refractivity contribution < 1.29 is 4.74 Å². The third kappa shape index (κ3) is 2.03. The van der Waals surface area contributed by atoms with Crippen molar-refractivity contribution in [3.8, 4) is 12.3 Å². The van der Waals surface area contributed by atoms with E-state index in [2.05, 4.69) is 10.9 Å². The fourth-order valence-corrected chi connectivity index (χ4v) is 1.59. The Kier molecular flexibility index (Phi) is 2.75. The Morgan fingerprint density at radius 1 is 1.47 bits per heavy atom. The number of terminal acetylenes is 1. The Morgan fingerprint density at radius 3 is 2.87 bits per heavy atom. The average molecular weight is 204 g/mol. The summed E-state index contributed by atoms with van der Waals surface area (Å²) in [6, 6.07) is 1.74. The summed E-state index contributed by atoms with van der Waals surface area (Å²) in [4.78, 5) is 16.2. The van der Waals surface area contributed by atoms with Gasteiger partial charge in [0, 0.05) is 24.8 Å². The van der Waals surface area contributed by atoms with Crippen LogP contribution in [0.25, 0.3) is 0 Å². The zero-order chi connectivity index (χ0) is 10.7. The second kappa shape index (κ2) is 4.20. The Labute approximate surface area is 87.9 Å². The summed E-state index contributed by atoms with van der Waals surface area (Å²) in [5.41, 5.74) is 1.22. The van der Waals surface area contributed by atoms with E-state index >= 15 is 0 Å². The highest BCUT2D eigenvalue weighted by molar-refractivity contribution is 5.49. The van der Waals surface area contributed by atoms with Crippen LogP contribution >= 0.6 is 0 Å². The first-order valence-electron chi connectivity index (χ1n) is 4.83. The van der Waals surface area contributed by atoms with Crippen LogP contribution in [-0.4, -0.2) is 31.3 Å². The number of nitrogens with one attached hydrogen (secondary N) is 1. The highest BCUT2D eigenvalue weighted by Crippen LogP contribution is 2.11. The fourth-order valence-electron chi connectivity index (χ4n) is 1.59. The molecule has 1 aromatic rings.